The zero-order valence-electron chi connectivity index (χ0n) is 13.8. The molecule has 0 fully saturated rings. The second-order valence-corrected chi connectivity index (χ2v) is 5.56. The second-order valence-electron chi connectivity index (χ2n) is 5.56. The Kier molecular flexibility index (Phi) is 6.61. The van der Waals surface area contributed by atoms with E-state index in [1.54, 1.807) is 48.5 Å². The van der Waals surface area contributed by atoms with E-state index in [-0.39, 0.29) is 5.91 Å². The second kappa shape index (κ2) is 9.12. The van der Waals surface area contributed by atoms with Crippen molar-refractivity contribution in [1.29, 1.82) is 0 Å². The van der Waals surface area contributed by atoms with Crippen LogP contribution in [0.25, 0.3) is 0 Å². The maximum Gasteiger partial charge on any atom is 0.305 e. The van der Waals surface area contributed by atoms with Crippen LogP contribution in [0.1, 0.15) is 32.7 Å². The maximum absolute atomic E-state index is 12.0. The molecule has 26 heavy (non-hydrogen) atoms. The van der Waals surface area contributed by atoms with Crippen LogP contribution in [0.2, 0.25) is 0 Å². The molecule has 2 rings (SSSR count). The third kappa shape index (κ3) is 5.55. The molecule has 7 heteroatoms. The van der Waals surface area contributed by atoms with Gasteiger partial charge in [0.1, 0.15) is 6.29 Å². The lowest BCUT2D eigenvalue weighted by Gasteiger charge is -2.11. The van der Waals surface area contributed by atoms with Crippen molar-refractivity contribution in [2.24, 2.45) is 0 Å². The lowest BCUT2D eigenvalue weighted by molar-refractivity contribution is -0.138. The first-order chi connectivity index (χ1) is 12.5. The molecule has 0 heterocycles. The number of carbonyl (C=O) groups excluding carboxylic acids is 3. The monoisotopic (exact) mass is 354 g/mol. The molecule has 0 saturated carbocycles. The van der Waals surface area contributed by atoms with Crippen molar-refractivity contribution in [3.8, 4) is 0 Å². The highest BCUT2D eigenvalue weighted by Crippen LogP contribution is 2.06. The van der Waals surface area contributed by atoms with Crippen LogP contribution in [-0.2, 0) is 16.1 Å². The van der Waals surface area contributed by atoms with Crippen molar-refractivity contribution in [2.45, 2.75) is 19.0 Å². The zero-order valence-corrected chi connectivity index (χ0v) is 13.8. The minimum absolute atomic E-state index is 0.199. The van der Waals surface area contributed by atoms with Gasteiger partial charge >= 0.3 is 5.97 Å². The van der Waals surface area contributed by atoms with E-state index in [1.165, 1.54) is 0 Å². The highest BCUT2D eigenvalue weighted by molar-refractivity contribution is 5.96. The van der Waals surface area contributed by atoms with Crippen LogP contribution in [0, 0.1) is 0 Å². The molecular formula is C19H18N2O5. The smallest absolute Gasteiger partial charge is 0.305 e. The van der Waals surface area contributed by atoms with E-state index < -0.39 is 24.3 Å². The normalized spacial score (nSPS) is 11.2. The summed E-state index contributed by atoms with van der Waals surface area (Å²) in [5.41, 5.74) is 1.64. The number of benzene rings is 2. The Morgan fingerprint density at radius 3 is 2.12 bits per heavy atom. The fraction of sp³-hybridized carbons (Fsp3) is 0.158. The van der Waals surface area contributed by atoms with Crippen molar-refractivity contribution < 1.29 is 24.3 Å². The summed E-state index contributed by atoms with van der Waals surface area (Å²) in [6, 6.07) is 14.2. The predicted molar refractivity (Wildman–Crippen MR) is 93.6 cm³/mol. The van der Waals surface area contributed by atoms with Crippen LogP contribution >= 0.6 is 0 Å². The first-order valence-corrected chi connectivity index (χ1v) is 7.89. The van der Waals surface area contributed by atoms with Gasteiger partial charge in [-0.05, 0) is 29.8 Å². The lowest BCUT2D eigenvalue weighted by atomic mass is 10.1. The molecule has 1 atom stereocenters. The van der Waals surface area contributed by atoms with Gasteiger partial charge in [-0.25, -0.2) is 0 Å². The molecule has 2 amide bonds. The van der Waals surface area contributed by atoms with E-state index in [0.29, 0.717) is 24.0 Å². The molecule has 0 saturated heterocycles. The van der Waals surface area contributed by atoms with Crippen LogP contribution < -0.4 is 10.6 Å². The number of aldehydes is 1. The Morgan fingerprint density at radius 1 is 0.923 bits per heavy atom. The molecule has 0 aliphatic carbocycles. The molecule has 0 aromatic heterocycles. The third-order valence-electron chi connectivity index (χ3n) is 3.58. The van der Waals surface area contributed by atoms with Crippen LogP contribution in [0.15, 0.2) is 54.6 Å². The van der Waals surface area contributed by atoms with Crippen LogP contribution in [0.4, 0.5) is 0 Å². The minimum atomic E-state index is -1.17. The molecule has 3 N–H and O–H groups in total. The van der Waals surface area contributed by atoms with Gasteiger partial charge in [0.05, 0.1) is 12.5 Å². The van der Waals surface area contributed by atoms with Crippen LogP contribution in [0.3, 0.4) is 0 Å². The molecular weight excluding hydrogens is 336 g/mol. The van der Waals surface area contributed by atoms with Crippen LogP contribution in [-0.4, -0.2) is 35.2 Å². The largest absolute Gasteiger partial charge is 0.481 e. The number of nitrogens with one attached hydrogen (secondary N) is 2. The van der Waals surface area contributed by atoms with Gasteiger partial charge in [-0.1, -0.05) is 30.3 Å². The van der Waals surface area contributed by atoms with Gasteiger partial charge in [-0.2, -0.15) is 0 Å². The standard InChI is InChI=1S/C19H18N2O5/c22-12-16(10-17(23)24)21-19(26)15-8-6-13(7-9-15)11-20-18(25)14-4-2-1-3-5-14/h1-9,12,16H,10-11H2,(H,20,25)(H,21,26)(H,23,24)/t16-/m0/s1. The predicted octanol–water partition coefficient (Wildman–Crippen LogP) is 1.39. The molecule has 0 radical (unpaired) electrons. The number of carboxylic acid groups (broad SMARTS) is 1. The minimum Gasteiger partial charge on any atom is -0.481 e. The quantitative estimate of drug-likeness (QED) is 0.620. The average molecular weight is 354 g/mol. The van der Waals surface area contributed by atoms with Gasteiger partial charge in [0.25, 0.3) is 11.8 Å². The summed E-state index contributed by atoms with van der Waals surface area (Å²) < 4.78 is 0. The van der Waals surface area contributed by atoms with Gasteiger partial charge in [0.15, 0.2) is 0 Å². The maximum atomic E-state index is 12.0. The van der Waals surface area contributed by atoms with E-state index in [2.05, 4.69) is 10.6 Å². The SMILES string of the molecule is O=C[C@H](CC(=O)O)NC(=O)c1ccc(CNC(=O)c2ccccc2)cc1. The number of carbonyl (C=O) groups is 4. The van der Waals surface area contributed by atoms with Gasteiger partial charge in [0, 0.05) is 17.7 Å². The van der Waals surface area contributed by atoms with E-state index in [9.17, 15) is 19.2 Å². The molecule has 0 spiro atoms. The Bertz CT molecular complexity index is 787. The molecule has 0 unspecified atom stereocenters. The van der Waals surface area contributed by atoms with Crippen molar-refractivity contribution in [1.82, 2.24) is 10.6 Å². The Balaban J connectivity index is 1.91. The topological polar surface area (TPSA) is 113 Å². The Labute approximate surface area is 150 Å². The van der Waals surface area contributed by atoms with Crippen molar-refractivity contribution in [3.05, 3.63) is 71.3 Å². The highest BCUT2D eigenvalue weighted by Gasteiger charge is 2.16. The Hall–Kier alpha value is -3.48. The molecule has 0 bridgehead atoms. The average Bonchev–Trinajstić information content (AvgIpc) is 2.66. The fourth-order valence-electron chi connectivity index (χ4n) is 2.22. The molecule has 0 aliphatic heterocycles. The van der Waals surface area contributed by atoms with Crippen molar-refractivity contribution in [3.63, 3.8) is 0 Å². The summed E-state index contributed by atoms with van der Waals surface area (Å²) in [7, 11) is 0. The molecule has 7 nitrogen and oxygen atoms in total. The van der Waals surface area contributed by atoms with Gasteiger partial charge < -0.3 is 20.5 Å². The number of hydrogen-bond donors (Lipinski definition) is 3. The van der Waals surface area contributed by atoms with E-state index >= 15 is 0 Å². The van der Waals surface area contributed by atoms with Gasteiger partial charge in [-0.15, -0.1) is 0 Å². The summed E-state index contributed by atoms with van der Waals surface area (Å²) in [6.45, 7) is 0.297. The van der Waals surface area contributed by atoms with Crippen LogP contribution in [0.5, 0.6) is 0 Å². The lowest BCUT2D eigenvalue weighted by Crippen LogP contribution is -2.37. The summed E-state index contributed by atoms with van der Waals surface area (Å²) in [4.78, 5) is 45.4. The highest BCUT2D eigenvalue weighted by atomic mass is 16.4. The summed E-state index contributed by atoms with van der Waals surface area (Å²) in [5.74, 6) is -1.91. The molecule has 2 aromatic carbocycles. The van der Waals surface area contributed by atoms with E-state index in [0.717, 1.165) is 5.56 Å². The van der Waals surface area contributed by atoms with E-state index in [4.69, 9.17) is 5.11 Å². The van der Waals surface area contributed by atoms with Gasteiger partial charge in [0.2, 0.25) is 0 Å². The number of amides is 2. The number of rotatable bonds is 8. The number of aliphatic carboxylic acids is 1. The first kappa shape index (κ1) is 18.9. The zero-order chi connectivity index (χ0) is 18.9. The number of carboxylic acids is 1. The molecule has 2 aromatic rings. The summed E-state index contributed by atoms with van der Waals surface area (Å²) in [5, 5.41) is 13.8. The molecule has 134 valence electrons. The summed E-state index contributed by atoms with van der Waals surface area (Å²) >= 11 is 0. The van der Waals surface area contributed by atoms with E-state index in [1.807, 2.05) is 6.07 Å². The number of hydrogen-bond acceptors (Lipinski definition) is 4. The Morgan fingerprint density at radius 2 is 1.54 bits per heavy atom. The fourth-order valence-corrected chi connectivity index (χ4v) is 2.22. The van der Waals surface area contributed by atoms with Crippen molar-refractivity contribution >= 4 is 24.1 Å². The third-order valence-corrected chi connectivity index (χ3v) is 3.58. The summed E-state index contributed by atoms with van der Waals surface area (Å²) in [6.07, 6.45) is -0.0850. The molecule has 0 aliphatic rings. The first-order valence-electron chi connectivity index (χ1n) is 7.89. The van der Waals surface area contributed by atoms with Crippen molar-refractivity contribution in [2.75, 3.05) is 0 Å². The van der Waals surface area contributed by atoms with Gasteiger partial charge in [-0.3, -0.25) is 14.4 Å².